The number of fused-ring (bicyclic) bond motifs is 1. The van der Waals surface area contributed by atoms with Crippen molar-refractivity contribution in [2.45, 2.75) is 6.92 Å². The van der Waals surface area contributed by atoms with Crippen LogP contribution in [-0.4, -0.2) is 28.0 Å². The van der Waals surface area contributed by atoms with E-state index in [1.807, 2.05) is 25.1 Å². The van der Waals surface area contributed by atoms with Crippen LogP contribution in [0.1, 0.15) is 15.9 Å². The first-order valence-corrected chi connectivity index (χ1v) is 9.97. The Labute approximate surface area is 187 Å². The fraction of sp³-hybridized carbons (Fsp3) is 0.0952. The third-order valence-corrected chi connectivity index (χ3v) is 5.24. The number of methoxy groups -OCH3 is 1. The summed E-state index contributed by atoms with van der Waals surface area (Å²) in [5.74, 6) is -0.144. The van der Waals surface area contributed by atoms with Crippen LogP contribution in [0.15, 0.2) is 48.5 Å². The van der Waals surface area contributed by atoms with Crippen molar-refractivity contribution in [2.24, 2.45) is 0 Å². The zero-order valence-electron chi connectivity index (χ0n) is 15.9. The van der Waals surface area contributed by atoms with Crippen LogP contribution in [0.5, 0.6) is 5.75 Å². The SMILES string of the molecule is COc1c(Cl)cc(Cl)cc1C(=O)Nc1cc2nn(-c3ccc(Cl)cc3)nc2cc1C. The van der Waals surface area contributed by atoms with Crippen LogP contribution in [0.4, 0.5) is 5.69 Å². The molecule has 0 fully saturated rings. The Hall–Kier alpha value is -2.80. The lowest BCUT2D eigenvalue weighted by Crippen LogP contribution is -2.14. The first-order valence-electron chi connectivity index (χ1n) is 8.84. The number of carbonyl (C=O) groups excluding carboxylic acids is 1. The van der Waals surface area contributed by atoms with Gasteiger partial charge in [-0.2, -0.15) is 4.80 Å². The number of benzene rings is 3. The van der Waals surface area contributed by atoms with E-state index in [4.69, 9.17) is 39.5 Å². The van der Waals surface area contributed by atoms with Crippen LogP contribution in [0.25, 0.3) is 16.7 Å². The van der Waals surface area contributed by atoms with Crippen molar-refractivity contribution in [2.75, 3.05) is 12.4 Å². The van der Waals surface area contributed by atoms with Crippen LogP contribution in [0, 0.1) is 6.92 Å². The Morgan fingerprint density at radius 1 is 0.967 bits per heavy atom. The first kappa shape index (κ1) is 20.5. The number of aryl methyl sites for hydroxylation is 1. The second kappa shape index (κ2) is 8.14. The molecule has 1 aromatic heterocycles. The molecule has 0 unspecified atom stereocenters. The normalized spacial score (nSPS) is 11.0. The van der Waals surface area contributed by atoms with E-state index >= 15 is 0 Å². The van der Waals surface area contributed by atoms with Crippen molar-refractivity contribution in [1.29, 1.82) is 0 Å². The van der Waals surface area contributed by atoms with E-state index in [0.29, 0.717) is 26.8 Å². The number of anilines is 1. The van der Waals surface area contributed by atoms with Crippen molar-refractivity contribution in [3.05, 3.63) is 74.7 Å². The van der Waals surface area contributed by atoms with Crippen molar-refractivity contribution in [1.82, 2.24) is 15.0 Å². The zero-order chi connectivity index (χ0) is 21.4. The number of aromatic nitrogens is 3. The Bertz CT molecular complexity index is 1270. The maximum atomic E-state index is 12.9. The standard InChI is InChI=1S/C21H15Cl3N4O2/c1-11-7-18-19(27-28(26-18)14-5-3-12(22)4-6-14)10-17(11)25-21(29)15-8-13(23)9-16(24)20(15)30-2/h3-10H,1-2H3,(H,25,29). The average Bonchev–Trinajstić information content (AvgIpc) is 3.10. The second-order valence-electron chi connectivity index (χ2n) is 6.54. The van der Waals surface area contributed by atoms with E-state index in [2.05, 4.69) is 15.5 Å². The van der Waals surface area contributed by atoms with Crippen molar-refractivity contribution >= 4 is 57.4 Å². The van der Waals surface area contributed by atoms with Crippen molar-refractivity contribution < 1.29 is 9.53 Å². The summed E-state index contributed by atoms with van der Waals surface area (Å²) < 4.78 is 5.26. The highest BCUT2D eigenvalue weighted by Crippen LogP contribution is 2.33. The maximum absolute atomic E-state index is 12.9. The summed E-state index contributed by atoms with van der Waals surface area (Å²) in [4.78, 5) is 14.4. The highest BCUT2D eigenvalue weighted by Gasteiger charge is 2.18. The van der Waals surface area contributed by atoms with Gasteiger partial charge in [0.1, 0.15) is 16.8 Å². The summed E-state index contributed by atoms with van der Waals surface area (Å²) in [6.07, 6.45) is 0. The molecule has 9 heteroatoms. The molecular formula is C21H15Cl3N4O2. The molecule has 0 saturated carbocycles. The molecule has 4 aromatic rings. The molecule has 152 valence electrons. The van der Waals surface area contributed by atoms with E-state index in [1.165, 1.54) is 24.0 Å². The Morgan fingerprint density at radius 3 is 2.30 bits per heavy atom. The van der Waals surface area contributed by atoms with Gasteiger partial charge in [-0.25, -0.2) is 0 Å². The minimum atomic E-state index is -0.399. The van der Waals surface area contributed by atoms with E-state index in [0.717, 1.165) is 11.3 Å². The van der Waals surface area contributed by atoms with Gasteiger partial charge < -0.3 is 10.1 Å². The number of nitrogens with one attached hydrogen (secondary N) is 1. The molecule has 4 rings (SSSR count). The predicted molar refractivity (Wildman–Crippen MR) is 120 cm³/mol. The van der Waals surface area contributed by atoms with E-state index in [9.17, 15) is 4.79 Å². The maximum Gasteiger partial charge on any atom is 0.259 e. The number of hydrogen-bond donors (Lipinski definition) is 1. The van der Waals surface area contributed by atoms with E-state index in [1.54, 1.807) is 18.2 Å². The van der Waals surface area contributed by atoms with Crippen LogP contribution < -0.4 is 10.1 Å². The van der Waals surface area contributed by atoms with E-state index in [-0.39, 0.29) is 16.3 Å². The van der Waals surface area contributed by atoms with Crippen molar-refractivity contribution in [3.63, 3.8) is 0 Å². The molecular weight excluding hydrogens is 447 g/mol. The van der Waals surface area contributed by atoms with Gasteiger partial charge >= 0.3 is 0 Å². The van der Waals surface area contributed by atoms with Gasteiger partial charge in [0.2, 0.25) is 0 Å². The lowest BCUT2D eigenvalue weighted by molar-refractivity contribution is 0.102. The average molecular weight is 462 g/mol. The summed E-state index contributed by atoms with van der Waals surface area (Å²) in [5, 5.41) is 13.1. The molecule has 3 aromatic carbocycles. The molecule has 0 radical (unpaired) electrons. The Morgan fingerprint density at radius 2 is 1.63 bits per heavy atom. The quantitative estimate of drug-likeness (QED) is 0.408. The van der Waals surface area contributed by atoms with Crippen LogP contribution in [-0.2, 0) is 0 Å². The third-order valence-electron chi connectivity index (χ3n) is 4.49. The number of halogens is 3. The van der Waals surface area contributed by atoms with Crippen LogP contribution in [0.3, 0.4) is 0 Å². The van der Waals surface area contributed by atoms with E-state index < -0.39 is 5.91 Å². The molecule has 0 bridgehead atoms. The molecule has 6 nitrogen and oxygen atoms in total. The van der Waals surface area contributed by atoms with Crippen molar-refractivity contribution in [3.8, 4) is 11.4 Å². The summed E-state index contributed by atoms with van der Waals surface area (Å²) in [6.45, 7) is 1.87. The Balaban J connectivity index is 1.69. The lowest BCUT2D eigenvalue weighted by Gasteiger charge is -2.12. The number of rotatable bonds is 4. The summed E-state index contributed by atoms with van der Waals surface area (Å²) in [5.41, 5.74) is 3.75. The van der Waals surface area contributed by atoms with Gasteiger partial charge in [-0.3, -0.25) is 4.79 Å². The third kappa shape index (κ3) is 3.94. The first-order chi connectivity index (χ1) is 14.4. The number of nitrogens with zero attached hydrogens (tertiary/aromatic N) is 3. The zero-order valence-corrected chi connectivity index (χ0v) is 18.2. The number of hydrogen-bond acceptors (Lipinski definition) is 4. The largest absolute Gasteiger partial charge is 0.494 e. The summed E-state index contributed by atoms with van der Waals surface area (Å²) in [6, 6.07) is 13.8. The molecule has 1 heterocycles. The highest BCUT2D eigenvalue weighted by molar-refractivity contribution is 6.36. The molecule has 1 N–H and O–H groups in total. The molecule has 0 spiro atoms. The van der Waals surface area contributed by atoms with Gasteiger partial charge in [-0.15, -0.1) is 10.2 Å². The van der Waals surface area contributed by atoms with Crippen LogP contribution in [0.2, 0.25) is 15.1 Å². The molecule has 0 atom stereocenters. The molecule has 0 aliphatic rings. The molecule has 0 aliphatic heterocycles. The summed E-state index contributed by atoms with van der Waals surface area (Å²) in [7, 11) is 1.44. The number of carbonyl (C=O) groups is 1. The molecule has 0 saturated heterocycles. The number of amides is 1. The molecule has 30 heavy (non-hydrogen) atoms. The lowest BCUT2D eigenvalue weighted by atomic mass is 10.1. The topological polar surface area (TPSA) is 69.0 Å². The van der Waals surface area contributed by atoms with Gasteiger partial charge in [0, 0.05) is 15.7 Å². The molecule has 0 aliphatic carbocycles. The fourth-order valence-electron chi connectivity index (χ4n) is 3.02. The minimum absolute atomic E-state index is 0.235. The fourth-order valence-corrected chi connectivity index (χ4v) is 3.72. The van der Waals surface area contributed by atoms with Gasteiger partial charge in [0.25, 0.3) is 5.91 Å². The molecule has 1 amide bonds. The van der Waals surface area contributed by atoms with Crippen LogP contribution >= 0.6 is 34.8 Å². The minimum Gasteiger partial charge on any atom is -0.494 e. The summed E-state index contributed by atoms with van der Waals surface area (Å²) >= 11 is 18.1. The second-order valence-corrected chi connectivity index (χ2v) is 7.82. The highest BCUT2D eigenvalue weighted by atomic mass is 35.5. The smallest absolute Gasteiger partial charge is 0.259 e. The monoisotopic (exact) mass is 460 g/mol. The van der Waals surface area contributed by atoms with Gasteiger partial charge in [0.15, 0.2) is 0 Å². The Kier molecular flexibility index (Phi) is 5.56. The van der Waals surface area contributed by atoms with Gasteiger partial charge in [-0.1, -0.05) is 34.8 Å². The van der Waals surface area contributed by atoms with Gasteiger partial charge in [-0.05, 0) is 61.0 Å². The predicted octanol–water partition coefficient (Wildman–Crippen LogP) is 5.95. The van der Waals surface area contributed by atoms with Gasteiger partial charge in [0.05, 0.1) is 23.4 Å². The number of ether oxygens (including phenoxy) is 1.